The number of rotatable bonds is 6. The van der Waals surface area contributed by atoms with Crippen molar-refractivity contribution in [1.29, 1.82) is 0 Å². The molecule has 0 bridgehead atoms. The summed E-state index contributed by atoms with van der Waals surface area (Å²) in [4.78, 5) is 9.78. The van der Waals surface area contributed by atoms with E-state index in [1.807, 2.05) is 24.4 Å². The van der Waals surface area contributed by atoms with Crippen molar-refractivity contribution in [3.8, 4) is 0 Å². The van der Waals surface area contributed by atoms with Gasteiger partial charge in [-0.25, -0.2) is 9.97 Å². The lowest BCUT2D eigenvalue weighted by molar-refractivity contribution is 0.403. The van der Waals surface area contributed by atoms with Gasteiger partial charge in [-0.15, -0.1) is 0 Å². The number of nitrogens with one attached hydrogen (secondary N) is 1. The van der Waals surface area contributed by atoms with Crippen LogP contribution in [0.3, 0.4) is 0 Å². The van der Waals surface area contributed by atoms with E-state index in [0.717, 1.165) is 28.7 Å². The summed E-state index contributed by atoms with van der Waals surface area (Å²) in [5.41, 5.74) is 1.30. The Morgan fingerprint density at radius 2 is 1.88 bits per heavy atom. The molecule has 5 heteroatoms. The predicted molar refractivity (Wildman–Crippen MR) is 105 cm³/mol. The number of anilines is 1. The van der Waals surface area contributed by atoms with E-state index >= 15 is 0 Å². The van der Waals surface area contributed by atoms with Crippen molar-refractivity contribution in [3.05, 3.63) is 64.8 Å². The van der Waals surface area contributed by atoms with Crippen molar-refractivity contribution >= 4 is 28.6 Å². The van der Waals surface area contributed by atoms with Crippen LogP contribution in [-0.2, 0) is 11.8 Å². The number of benzene rings is 1. The summed E-state index contributed by atoms with van der Waals surface area (Å²) < 4.78 is 5.76. The fourth-order valence-electron chi connectivity index (χ4n) is 2.27. The standard InChI is InChI=1S/C20H23N3OS/c1-20(2,3)17-14-22-18(24-17)10-9-16-13-23-19(25-16)21-12-11-15-7-5-4-6-8-15/h4-10,13-14H,11-12H2,1-3H3,(H,21,23)/b10-9+. The summed E-state index contributed by atoms with van der Waals surface area (Å²) in [6.07, 6.45) is 8.51. The molecule has 0 aliphatic rings. The van der Waals surface area contributed by atoms with Crippen molar-refractivity contribution in [2.45, 2.75) is 32.6 Å². The molecule has 2 aromatic heterocycles. The van der Waals surface area contributed by atoms with Crippen LogP contribution < -0.4 is 5.32 Å². The monoisotopic (exact) mass is 353 g/mol. The van der Waals surface area contributed by atoms with Crippen molar-refractivity contribution < 1.29 is 4.42 Å². The van der Waals surface area contributed by atoms with Crippen molar-refractivity contribution in [3.63, 3.8) is 0 Å². The second-order valence-electron chi connectivity index (χ2n) is 6.88. The molecule has 0 atom stereocenters. The van der Waals surface area contributed by atoms with Crippen LogP contribution in [0.2, 0.25) is 0 Å². The normalized spacial score (nSPS) is 12.0. The van der Waals surface area contributed by atoms with Crippen LogP contribution in [-0.4, -0.2) is 16.5 Å². The van der Waals surface area contributed by atoms with E-state index in [1.54, 1.807) is 17.5 Å². The molecule has 4 nitrogen and oxygen atoms in total. The van der Waals surface area contributed by atoms with E-state index in [9.17, 15) is 0 Å². The lowest BCUT2D eigenvalue weighted by atomic mass is 9.94. The Morgan fingerprint density at radius 1 is 1.08 bits per heavy atom. The minimum absolute atomic E-state index is 0.0284. The van der Waals surface area contributed by atoms with Crippen molar-refractivity contribution in [2.24, 2.45) is 0 Å². The molecular weight excluding hydrogens is 330 g/mol. The summed E-state index contributed by atoms with van der Waals surface area (Å²) in [6.45, 7) is 7.20. The maximum absolute atomic E-state index is 5.76. The number of thiazole rings is 1. The topological polar surface area (TPSA) is 51.0 Å². The van der Waals surface area contributed by atoms with E-state index in [-0.39, 0.29) is 5.41 Å². The molecule has 0 saturated heterocycles. The minimum Gasteiger partial charge on any atom is -0.441 e. The number of hydrogen-bond acceptors (Lipinski definition) is 5. The molecule has 130 valence electrons. The highest BCUT2D eigenvalue weighted by Crippen LogP contribution is 2.24. The van der Waals surface area contributed by atoms with Gasteiger partial charge in [-0.2, -0.15) is 0 Å². The van der Waals surface area contributed by atoms with Gasteiger partial charge in [0.1, 0.15) is 5.76 Å². The maximum Gasteiger partial charge on any atom is 0.218 e. The summed E-state index contributed by atoms with van der Waals surface area (Å²) in [7, 11) is 0. The number of nitrogens with zero attached hydrogens (tertiary/aromatic N) is 2. The third kappa shape index (κ3) is 5.03. The van der Waals surface area contributed by atoms with Crippen LogP contribution in [0.15, 0.2) is 47.1 Å². The Hall–Kier alpha value is -2.40. The molecule has 0 radical (unpaired) electrons. The molecule has 3 rings (SSSR count). The van der Waals surface area contributed by atoms with Crippen molar-refractivity contribution in [1.82, 2.24) is 9.97 Å². The van der Waals surface area contributed by atoms with Crippen LogP contribution in [0.5, 0.6) is 0 Å². The maximum atomic E-state index is 5.76. The zero-order valence-electron chi connectivity index (χ0n) is 14.8. The van der Waals surface area contributed by atoms with E-state index in [0.29, 0.717) is 5.89 Å². The molecule has 0 fully saturated rings. The van der Waals surface area contributed by atoms with Crippen LogP contribution >= 0.6 is 11.3 Å². The first kappa shape index (κ1) is 17.4. The van der Waals surface area contributed by atoms with E-state index < -0.39 is 0 Å². The van der Waals surface area contributed by atoms with Crippen LogP contribution in [0.1, 0.15) is 42.9 Å². The molecule has 0 spiro atoms. The lowest BCUT2D eigenvalue weighted by Crippen LogP contribution is -2.09. The quantitative estimate of drug-likeness (QED) is 0.657. The molecule has 0 unspecified atom stereocenters. The fraction of sp³-hybridized carbons (Fsp3) is 0.300. The molecule has 0 aliphatic carbocycles. The second-order valence-corrected chi connectivity index (χ2v) is 7.94. The van der Waals surface area contributed by atoms with E-state index in [4.69, 9.17) is 4.42 Å². The van der Waals surface area contributed by atoms with Gasteiger partial charge in [0.25, 0.3) is 0 Å². The second kappa shape index (κ2) is 7.66. The summed E-state index contributed by atoms with van der Waals surface area (Å²) >= 11 is 1.62. The Labute approximate surface area is 152 Å². The SMILES string of the molecule is CC(C)(C)c1cnc(/C=C/c2cnc(NCCc3ccccc3)s2)o1. The first-order valence-corrected chi connectivity index (χ1v) is 9.20. The number of oxazole rings is 1. The molecule has 2 heterocycles. The minimum atomic E-state index is -0.0284. The molecule has 1 aromatic carbocycles. The highest BCUT2D eigenvalue weighted by molar-refractivity contribution is 7.16. The van der Waals surface area contributed by atoms with Crippen LogP contribution in [0.25, 0.3) is 12.2 Å². The van der Waals surface area contributed by atoms with Crippen molar-refractivity contribution in [2.75, 3.05) is 11.9 Å². The predicted octanol–water partition coefficient (Wildman–Crippen LogP) is 5.25. The lowest BCUT2D eigenvalue weighted by Gasteiger charge is -2.12. The van der Waals surface area contributed by atoms with Gasteiger partial charge in [-0.05, 0) is 18.1 Å². The zero-order valence-corrected chi connectivity index (χ0v) is 15.6. The number of hydrogen-bond donors (Lipinski definition) is 1. The van der Waals surface area contributed by atoms with Crippen LogP contribution in [0, 0.1) is 0 Å². The molecule has 25 heavy (non-hydrogen) atoms. The fourth-order valence-corrected chi connectivity index (χ4v) is 3.01. The Bertz CT molecular complexity index is 828. The van der Waals surface area contributed by atoms with E-state index in [1.165, 1.54) is 5.56 Å². The highest BCUT2D eigenvalue weighted by atomic mass is 32.1. The number of aromatic nitrogens is 2. The van der Waals surface area contributed by atoms with E-state index in [2.05, 4.69) is 60.3 Å². The molecular formula is C20H23N3OS. The van der Waals surface area contributed by atoms with Gasteiger partial charge in [0, 0.05) is 29.1 Å². The Kier molecular flexibility index (Phi) is 5.34. The third-order valence-corrected chi connectivity index (χ3v) is 4.63. The molecule has 0 aliphatic heterocycles. The van der Waals surface area contributed by atoms with Gasteiger partial charge in [-0.3, -0.25) is 0 Å². The first-order valence-electron chi connectivity index (χ1n) is 8.39. The van der Waals surface area contributed by atoms with Gasteiger partial charge in [0.15, 0.2) is 5.13 Å². The van der Waals surface area contributed by atoms with Gasteiger partial charge >= 0.3 is 0 Å². The zero-order chi connectivity index (χ0) is 17.7. The first-order chi connectivity index (χ1) is 12.0. The largest absolute Gasteiger partial charge is 0.441 e. The van der Waals surface area contributed by atoms with Gasteiger partial charge < -0.3 is 9.73 Å². The Morgan fingerprint density at radius 3 is 2.60 bits per heavy atom. The molecule has 0 amide bonds. The van der Waals surface area contributed by atoms with Gasteiger partial charge in [0.2, 0.25) is 5.89 Å². The molecule has 1 N–H and O–H groups in total. The summed E-state index contributed by atoms with van der Waals surface area (Å²) in [5.74, 6) is 1.51. The molecule has 3 aromatic rings. The summed E-state index contributed by atoms with van der Waals surface area (Å²) in [6, 6.07) is 10.4. The van der Waals surface area contributed by atoms with Gasteiger partial charge in [-0.1, -0.05) is 62.4 Å². The Balaban J connectivity index is 1.53. The molecule has 0 saturated carbocycles. The third-order valence-electron chi connectivity index (χ3n) is 3.71. The van der Waals surface area contributed by atoms with Crippen LogP contribution in [0.4, 0.5) is 5.13 Å². The smallest absolute Gasteiger partial charge is 0.218 e. The highest BCUT2D eigenvalue weighted by Gasteiger charge is 2.18. The summed E-state index contributed by atoms with van der Waals surface area (Å²) in [5, 5.41) is 4.30. The average molecular weight is 353 g/mol. The van der Waals surface area contributed by atoms with Gasteiger partial charge in [0.05, 0.1) is 6.20 Å². The average Bonchev–Trinajstić information content (AvgIpc) is 3.23.